The van der Waals surface area contributed by atoms with Gasteiger partial charge in [-0.3, -0.25) is 4.79 Å². The molecule has 0 saturated heterocycles. The molecule has 0 saturated carbocycles. The number of rotatable bonds is 1. The summed E-state index contributed by atoms with van der Waals surface area (Å²) in [6.07, 6.45) is -2.47. The molecule has 0 aromatic carbocycles. The summed E-state index contributed by atoms with van der Waals surface area (Å²) in [5.74, 6) is -3.04. The predicted octanol–water partition coefficient (Wildman–Crippen LogP) is 0.0247. The van der Waals surface area contributed by atoms with E-state index in [0.29, 0.717) is 0 Å². The van der Waals surface area contributed by atoms with Crippen LogP contribution in [0.15, 0.2) is 11.6 Å². The van der Waals surface area contributed by atoms with Gasteiger partial charge in [-0.2, -0.15) is 13.2 Å². The molecule has 1 aliphatic rings. The maximum Gasteiger partial charge on any atom is 0.490 e. The van der Waals surface area contributed by atoms with Crippen molar-refractivity contribution in [2.45, 2.75) is 12.6 Å². The molecule has 0 atom stereocenters. The van der Waals surface area contributed by atoms with Gasteiger partial charge in [0.25, 0.3) is 0 Å². The molecule has 1 rings (SSSR count). The zero-order valence-electron chi connectivity index (χ0n) is 8.17. The Labute approximate surface area is 89.1 Å². The number of aliphatic carboxylic acids is 1. The van der Waals surface area contributed by atoms with E-state index in [2.05, 4.69) is 5.32 Å². The minimum absolute atomic E-state index is 0.281. The lowest BCUT2D eigenvalue weighted by Crippen LogP contribution is -2.26. The Balaban J connectivity index is 0.000000293. The zero-order chi connectivity index (χ0) is 12.8. The molecule has 0 aliphatic carbocycles. The molecule has 0 unspecified atom stereocenters. The van der Waals surface area contributed by atoms with Crippen LogP contribution < -0.4 is 11.1 Å². The highest BCUT2D eigenvalue weighted by atomic mass is 19.4. The number of carbonyl (C=O) groups excluding carboxylic acids is 1. The SMILES string of the molecule is NC(=O)C1=CCNCC1.O=C(O)C(F)(F)F. The van der Waals surface area contributed by atoms with Gasteiger partial charge in [-0.1, -0.05) is 6.08 Å². The van der Waals surface area contributed by atoms with Gasteiger partial charge >= 0.3 is 12.1 Å². The van der Waals surface area contributed by atoms with Gasteiger partial charge in [0.2, 0.25) is 5.91 Å². The van der Waals surface area contributed by atoms with Gasteiger partial charge in [0.05, 0.1) is 0 Å². The highest BCUT2D eigenvalue weighted by Gasteiger charge is 2.38. The van der Waals surface area contributed by atoms with Crippen molar-refractivity contribution in [2.24, 2.45) is 5.73 Å². The quantitative estimate of drug-likeness (QED) is 0.602. The number of nitrogens with one attached hydrogen (secondary N) is 1. The first-order valence-corrected chi connectivity index (χ1v) is 4.25. The van der Waals surface area contributed by atoms with Gasteiger partial charge in [-0.15, -0.1) is 0 Å². The number of carboxylic acid groups (broad SMARTS) is 1. The number of alkyl halides is 3. The number of hydrogen-bond acceptors (Lipinski definition) is 3. The number of primary amides is 1. The largest absolute Gasteiger partial charge is 0.490 e. The second kappa shape index (κ2) is 6.11. The fourth-order valence-corrected chi connectivity index (χ4v) is 0.846. The molecular formula is C8H11F3N2O3. The summed E-state index contributed by atoms with van der Waals surface area (Å²) in [7, 11) is 0. The summed E-state index contributed by atoms with van der Waals surface area (Å²) in [5.41, 5.74) is 5.79. The van der Waals surface area contributed by atoms with Crippen LogP contribution in [0.1, 0.15) is 6.42 Å². The molecule has 92 valence electrons. The molecule has 1 amide bonds. The van der Waals surface area contributed by atoms with Gasteiger partial charge in [0, 0.05) is 12.1 Å². The van der Waals surface area contributed by atoms with Gasteiger partial charge < -0.3 is 16.2 Å². The van der Waals surface area contributed by atoms with Crippen LogP contribution in [-0.2, 0) is 9.59 Å². The average Bonchev–Trinajstić information content (AvgIpc) is 2.18. The van der Waals surface area contributed by atoms with Gasteiger partial charge in [-0.05, 0) is 13.0 Å². The maximum absolute atomic E-state index is 10.6. The summed E-state index contributed by atoms with van der Waals surface area (Å²) in [4.78, 5) is 19.4. The number of amides is 1. The predicted molar refractivity (Wildman–Crippen MR) is 48.5 cm³/mol. The number of halogens is 3. The van der Waals surface area contributed by atoms with E-state index in [9.17, 15) is 18.0 Å². The fraction of sp³-hybridized carbons (Fsp3) is 0.500. The Hall–Kier alpha value is -1.57. The lowest BCUT2D eigenvalue weighted by molar-refractivity contribution is -0.192. The third-order valence-electron chi connectivity index (χ3n) is 1.62. The van der Waals surface area contributed by atoms with Crippen LogP contribution >= 0.6 is 0 Å². The molecule has 0 aromatic heterocycles. The Kier molecular flexibility index (Phi) is 5.51. The molecule has 16 heavy (non-hydrogen) atoms. The van der Waals surface area contributed by atoms with E-state index in [0.717, 1.165) is 25.1 Å². The smallest absolute Gasteiger partial charge is 0.475 e. The van der Waals surface area contributed by atoms with Crippen molar-refractivity contribution in [3.63, 3.8) is 0 Å². The van der Waals surface area contributed by atoms with E-state index in [4.69, 9.17) is 15.6 Å². The maximum atomic E-state index is 10.6. The van der Waals surface area contributed by atoms with E-state index in [1.165, 1.54) is 0 Å². The van der Waals surface area contributed by atoms with Crippen molar-refractivity contribution in [2.75, 3.05) is 13.1 Å². The summed E-state index contributed by atoms with van der Waals surface area (Å²) in [6.45, 7) is 1.65. The third-order valence-corrected chi connectivity index (χ3v) is 1.62. The van der Waals surface area contributed by atoms with E-state index < -0.39 is 12.1 Å². The van der Waals surface area contributed by atoms with E-state index in [-0.39, 0.29) is 5.91 Å². The number of nitrogens with two attached hydrogens (primary N) is 1. The first-order chi connectivity index (χ1) is 7.25. The van der Waals surface area contributed by atoms with E-state index in [1.54, 1.807) is 0 Å². The standard InChI is InChI=1S/C6H10N2O.C2HF3O2/c7-6(9)5-1-3-8-4-2-5;3-2(4,5)1(6)7/h1,8H,2-4H2,(H2,7,9);(H,6,7). The molecule has 1 aliphatic heterocycles. The van der Waals surface area contributed by atoms with Crippen molar-refractivity contribution in [1.82, 2.24) is 5.32 Å². The molecule has 4 N–H and O–H groups in total. The molecule has 1 heterocycles. The van der Waals surface area contributed by atoms with Crippen LogP contribution in [0.2, 0.25) is 0 Å². The minimum Gasteiger partial charge on any atom is -0.475 e. The molecule has 0 radical (unpaired) electrons. The van der Waals surface area contributed by atoms with Crippen LogP contribution in [0.3, 0.4) is 0 Å². The first kappa shape index (κ1) is 14.4. The van der Waals surface area contributed by atoms with Crippen LogP contribution in [0.5, 0.6) is 0 Å². The minimum atomic E-state index is -5.08. The number of hydrogen-bond donors (Lipinski definition) is 3. The molecule has 0 bridgehead atoms. The Morgan fingerprint density at radius 3 is 2.12 bits per heavy atom. The van der Waals surface area contributed by atoms with E-state index >= 15 is 0 Å². The number of carboxylic acids is 1. The van der Waals surface area contributed by atoms with Crippen molar-refractivity contribution in [3.8, 4) is 0 Å². The third kappa shape index (κ3) is 6.02. The highest BCUT2D eigenvalue weighted by molar-refractivity contribution is 5.92. The lowest BCUT2D eigenvalue weighted by atomic mass is 10.1. The second-order valence-electron chi connectivity index (χ2n) is 2.85. The summed E-state index contributed by atoms with van der Waals surface area (Å²) in [6, 6.07) is 0. The van der Waals surface area contributed by atoms with Crippen LogP contribution in [0, 0.1) is 0 Å². The monoisotopic (exact) mass is 240 g/mol. The molecule has 0 aromatic rings. The molecule has 8 heteroatoms. The van der Waals surface area contributed by atoms with Crippen molar-refractivity contribution in [1.29, 1.82) is 0 Å². The highest BCUT2D eigenvalue weighted by Crippen LogP contribution is 2.13. The van der Waals surface area contributed by atoms with Crippen LogP contribution in [0.4, 0.5) is 13.2 Å². The van der Waals surface area contributed by atoms with Crippen molar-refractivity contribution >= 4 is 11.9 Å². The zero-order valence-corrected chi connectivity index (χ0v) is 8.17. The van der Waals surface area contributed by atoms with Gasteiger partial charge in [-0.25, -0.2) is 4.79 Å². The number of carbonyl (C=O) groups is 2. The molecule has 0 fully saturated rings. The van der Waals surface area contributed by atoms with Crippen LogP contribution in [0.25, 0.3) is 0 Å². The fourth-order valence-electron chi connectivity index (χ4n) is 0.846. The normalized spacial score (nSPS) is 15.6. The summed E-state index contributed by atoms with van der Waals surface area (Å²) < 4.78 is 31.7. The van der Waals surface area contributed by atoms with Crippen LogP contribution in [-0.4, -0.2) is 36.2 Å². The Bertz CT molecular complexity index is 299. The average molecular weight is 240 g/mol. The molecular weight excluding hydrogens is 229 g/mol. The summed E-state index contributed by atoms with van der Waals surface area (Å²) in [5, 5.41) is 10.2. The summed E-state index contributed by atoms with van der Waals surface area (Å²) >= 11 is 0. The van der Waals surface area contributed by atoms with Gasteiger partial charge in [0.15, 0.2) is 0 Å². The first-order valence-electron chi connectivity index (χ1n) is 4.25. The topological polar surface area (TPSA) is 92.4 Å². The Morgan fingerprint density at radius 1 is 1.44 bits per heavy atom. The van der Waals surface area contributed by atoms with Crippen molar-refractivity contribution in [3.05, 3.63) is 11.6 Å². The molecule has 0 spiro atoms. The Morgan fingerprint density at radius 2 is 1.94 bits per heavy atom. The molecule has 5 nitrogen and oxygen atoms in total. The van der Waals surface area contributed by atoms with Gasteiger partial charge in [0.1, 0.15) is 0 Å². The lowest BCUT2D eigenvalue weighted by Gasteiger charge is -2.09. The second-order valence-corrected chi connectivity index (χ2v) is 2.85. The van der Waals surface area contributed by atoms with E-state index in [1.807, 2.05) is 6.08 Å². The van der Waals surface area contributed by atoms with Crippen molar-refractivity contribution < 1.29 is 27.9 Å².